The number of hydrogen-bond acceptors (Lipinski definition) is 12. The predicted octanol–water partition coefficient (Wildman–Crippen LogP) is 5.21. The lowest BCUT2D eigenvalue weighted by molar-refractivity contribution is -0.146. The minimum Gasteiger partial charge on any atom is -0.496 e. The normalized spacial score (nSPS) is 15.3. The number of nitrogens with zero attached hydrogens (tertiary/aromatic N) is 5. The lowest BCUT2D eigenvalue weighted by Gasteiger charge is -2.34. The van der Waals surface area contributed by atoms with Gasteiger partial charge in [-0.25, -0.2) is 9.59 Å². The first-order valence-corrected chi connectivity index (χ1v) is 20.6. The summed E-state index contributed by atoms with van der Waals surface area (Å²) < 4.78 is 26.5. The van der Waals surface area contributed by atoms with Gasteiger partial charge in [0.05, 0.1) is 69.6 Å². The number of nitriles is 1. The number of methoxy groups -OCH3 is 2. The number of carbonyl (C=O) groups is 6. The molecule has 0 unspecified atom stereocenters. The highest BCUT2D eigenvalue weighted by Gasteiger charge is 2.44. The largest absolute Gasteiger partial charge is 0.496 e. The van der Waals surface area contributed by atoms with Gasteiger partial charge >= 0.3 is 12.1 Å². The van der Waals surface area contributed by atoms with E-state index < -0.39 is 53.5 Å². The molecule has 0 bridgehead atoms. The van der Waals surface area contributed by atoms with E-state index in [2.05, 4.69) is 16.1 Å². The van der Waals surface area contributed by atoms with Crippen LogP contribution < -0.4 is 24.8 Å². The molecule has 1 N–H and O–H groups in total. The van der Waals surface area contributed by atoms with Gasteiger partial charge in [-0.05, 0) is 93.9 Å². The number of nitrogens with one attached hydrogen (secondary N) is 1. The van der Waals surface area contributed by atoms with Crippen molar-refractivity contribution >= 4 is 64.0 Å². The average molecular weight is 879 g/mol. The number of hydrogen-bond donors (Lipinski definition) is 1. The monoisotopic (exact) mass is 878 g/mol. The number of anilines is 3. The maximum absolute atomic E-state index is 15.2. The third-order valence-electron chi connectivity index (χ3n) is 10.6. The zero-order valence-electron chi connectivity index (χ0n) is 37.3. The van der Waals surface area contributed by atoms with Crippen LogP contribution in [0.15, 0.2) is 78.9 Å². The summed E-state index contributed by atoms with van der Waals surface area (Å²) in [6, 6.07) is 20.8. The smallest absolute Gasteiger partial charge is 0.410 e. The first kappa shape index (κ1) is 48.0. The van der Waals surface area contributed by atoms with Crippen LogP contribution in [0, 0.1) is 11.3 Å². The number of rotatable bonds is 17. The van der Waals surface area contributed by atoms with Crippen molar-refractivity contribution in [3.8, 4) is 11.8 Å². The molecule has 338 valence electrons. The van der Waals surface area contributed by atoms with Crippen molar-refractivity contribution in [3.63, 3.8) is 0 Å². The van der Waals surface area contributed by atoms with E-state index in [0.717, 1.165) is 15.7 Å². The van der Waals surface area contributed by atoms with Crippen LogP contribution in [0.25, 0.3) is 10.8 Å². The standard InChI is InChI=1S/C47H54N6O11/c1-30-42(49-43(56)31(2)50(6)46(59)64-47(3,4)5)45(58)52(27-37-36-12-10-9-11-33(36)16-20-40(37)60-7)38-19-13-32(26-48)25-39(38)53(30)44(57)34-14-17-35(18-15-34)51(29-54)21-22-62-23-24-63-28-41(55)61-8/h9-20,25,29-31,42H,21-24,27-28H2,1-8H3,(H,49,56)/t30-,31-,42-/m0/s1. The molecule has 1 heterocycles. The molecule has 0 radical (unpaired) electrons. The van der Waals surface area contributed by atoms with Gasteiger partial charge in [0.2, 0.25) is 12.3 Å². The Morgan fingerprint density at radius 3 is 2.30 bits per heavy atom. The topological polar surface area (TPSA) is 197 Å². The summed E-state index contributed by atoms with van der Waals surface area (Å²) >= 11 is 0. The molecule has 1 aliphatic rings. The van der Waals surface area contributed by atoms with Crippen molar-refractivity contribution in [1.82, 2.24) is 10.2 Å². The number of esters is 1. The summed E-state index contributed by atoms with van der Waals surface area (Å²) in [5.41, 5.74) is 1.18. The van der Waals surface area contributed by atoms with Gasteiger partial charge in [0.25, 0.3) is 11.8 Å². The van der Waals surface area contributed by atoms with Crippen molar-refractivity contribution < 1.29 is 52.5 Å². The van der Waals surface area contributed by atoms with Crippen molar-refractivity contribution in [2.24, 2.45) is 0 Å². The third-order valence-corrected chi connectivity index (χ3v) is 10.6. The zero-order valence-corrected chi connectivity index (χ0v) is 37.3. The second-order valence-electron chi connectivity index (χ2n) is 16.0. The highest BCUT2D eigenvalue weighted by Crippen LogP contribution is 2.40. The van der Waals surface area contributed by atoms with Crippen molar-refractivity contribution in [1.29, 1.82) is 5.26 Å². The molecule has 64 heavy (non-hydrogen) atoms. The van der Waals surface area contributed by atoms with Crippen LogP contribution in [-0.2, 0) is 44.7 Å². The molecule has 0 saturated heterocycles. The Bertz CT molecular complexity index is 2390. The summed E-state index contributed by atoms with van der Waals surface area (Å²) in [5, 5.41) is 14.6. The highest BCUT2D eigenvalue weighted by molar-refractivity contribution is 6.14. The molecule has 5 rings (SSSR count). The Morgan fingerprint density at radius 2 is 1.64 bits per heavy atom. The molecule has 17 heteroatoms. The van der Waals surface area contributed by atoms with Crippen LogP contribution in [0.5, 0.6) is 5.75 Å². The number of fused-ring (bicyclic) bond motifs is 2. The fourth-order valence-corrected chi connectivity index (χ4v) is 7.06. The molecule has 1 aliphatic heterocycles. The summed E-state index contributed by atoms with van der Waals surface area (Å²) in [6.07, 6.45) is -0.121. The van der Waals surface area contributed by atoms with E-state index in [1.54, 1.807) is 58.0 Å². The Labute approximate surface area is 372 Å². The number of ether oxygens (including phenoxy) is 5. The van der Waals surface area contributed by atoms with Crippen molar-refractivity contribution in [2.75, 3.05) is 68.9 Å². The Morgan fingerprint density at radius 1 is 0.938 bits per heavy atom. The van der Waals surface area contributed by atoms with Gasteiger partial charge in [-0.15, -0.1) is 0 Å². The summed E-state index contributed by atoms with van der Waals surface area (Å²) in [6.45, 7) is 8.61. The number of amides is 5. The van der Waals surface area contributed by atoms with Gasteiger partial charge in [0.15, 0.2) is 0 Å². The molecule has 0 aliphatic carbocycles. The molecule has 0 spiro atoms. The van der Waals surface area contributed by atoms with Gasteiger partial charge in [0, 0.05) is 30.4 Å². The number of benzene rings is 4. The highest BCUT2D eigenvalue weighted by atomic mass is 16.6. The molecule has 0 saturated carbocycles. The lowest BCUT2D eigenvalue weighted by Crippen LogP contribution is -2.60. The second kappa shape index (κ2) is 21.4. The van der Waals surface area contributed by atoms with Gasteiger partial charge in [-0.3, -0.25) is 24.1 Å². The minimum atomic E-state index is -1.39. The van der Waals surface area contributed by atoms with Crippen LogP contribution in [0.1, 0.15) is 56.1 Å². The van der Waals surface area contributed by atoms with Gasteiger partial charge in [-0.1, -0.05) is 30.3 Å². The van der Waals surface area contributed by atoms with Crippen molar-refractivity contribution in [3.05, 3.63) is 95.6 Å². The molecular weight excluding hydrogens is 825 g/mol. The number of carbonyl (C=O) groups excluding carboxylic acids is 6. The molecule has 3 atom stereocenters. The van der Waals surface area contributed by atoms with E-state index >= 15 is 4.79 Å². The first-order valence-electron chi connectivity index (χ1n) is 20.6. The van der Waals surface area contributed by atoms with Crippen LogP contribution in [0.4, 0.5) is 21.9 Å². The molecular formula is C47H54N6O11. The van der Waals surface area contributed by atoms with Crippen LogP contribution >= 0.6 is 0 Å². The van der Waals surface area contributed by atoms with Crippen LogP contribution in [-0.4, -0.2) is 119 Å². The maximum Gasteiger partial charge on any atom is 0.410 e. The van der Waals surface area contributed by atoms with Crippen LogP contribution in [0.2, 0.25) is 0 Å². The minimum absolute atomic E-state index is 0.0583. The fourth-order valence-electron chi connectivity index (χ4n) is 7.06. The van der Waals surface area contributed by atoms with Gasteiger partial charge in [0.1, 0.15) is 30.0 Å². The van der Waals surface area contributed by atoms with Gasteiger partial charge < -0.3 is 43.7 Å². The number of likely N-dealkylation sites (N-methyl/N-ethyl adjacent to an activating group) is 1. The lowest BCUT2D eigenvalue weighted by atomic mass is 10.0. The van der Waals surface area contributed by atoms with E-state index in [4.69, 9.17) is 18.9 Å². The van der Waals surface area contributed by atoms with Crippen LogP contribution in [0.3, 0.4) is 0 Å². The SMILES string of the molecule is COC(=O)COCCOCCN(C=O)c1ccc(C(=O)N2c3cc(C#N)ccc3N(Cc3c(OC)ccc4ccccc34)C(=O)[C@@H](NC(=O)[C@H](C)N(C)C(=O)OC(C)(C)C)[C@@H]2C)cc1. The molecule has 4 aromatic rings. The van der Waals surface area contributed by atoms with E-state index in [0.29, 0.717) is 23.4 Å². The summed E-state index contributed by atoms with van der Waals surface area (Å²) in [7, 11) is 4.20. The van der Waals surface area contributed by atoms with Crippen molar-refractivity contribution in [2.45, 2.75) is 64.9 Å². The zero-order chi connectivity index (χ0) is 46.7. The van der Waals surface area contributed by atoms with E-state index in [9.17, 15) is 29.2 Å². The molecule has 0 aromatic heterocycles. The molecule has 4 aromatic carbocycles. The molecule has 5 amide bonds. The summed E-state index contributed by atoms with van der Waals surface area (Å²) in [5.74, 6) is -1.84. The maximum atomic E-state index is 15.2. The molecule has 0 fully saturated rings. The van der Waals surface area contributed by atoms with E-state index in [1.807, 2.05) is 30.3 Å². The third kappa shape index (κ3) is 11.3. The Kier molecular flexibility index (Phi) is 16.0. The Balaban J connectivity index is 1.53. The predicted molar refractivity (Wildman–Crippen MR) is 238 cm³/mol. The first-order chi connectivity index (χ1) is 30.5. The molecule has 17 nitrogen and oxygen atoms in total. The van der Waals surface area contributed by atoms with Gasteiger partial charge in [-0.2, -0.15) is 5.26 Å². The quantitative estimate of drug-likeness (QED) is 0.0827. The summed E-state index contributed by atoms with van der Waals surface area (Å²) in [4.78, 5) is 86.0. The average Bonchev–Trinajstić information content (AvgIpc) is 3.36. The Hall–Kier alpha value is -7.03. The fraction of sp³-hybridized carbons (Fsp3) is 0.383. The second-order valence-corrected chi connectivity index (χ2v) is 16.0. The van der Waals surface area contributed by atoms with E-state index in [-0.39, 0.29) is 62.0 Å². The van der Waals surface area contributed by atoms with E-state index in [1.165, 1.54) is 61.1 Å².